The number of aliphatic imine (C=N–C) groups is 1. The van der Waals surface area contributed by atoms with Gasteiger partial charge in [0, 0.05) is 22.3 Å². The zero-order valence-corrected chi connectivity index (χ0v) is 18.4. The molecule has 0 radical (unpaired) electrons. The Morgan fingerprint density at radius 2 is 2.07 bits per heavy atom. The number of ether oxygens (including phenoxy) is 1. The first-order chi connectivity index (χ1) is 13.9. The summed E-state index contributed by atoms with van der Waals surface area (Å²) in [6.07, 6.45) is 3.29. The van der Waals surface area contributed by atoms with Crippen LogP contribution in [0.4, 0.5) is 17.2 Å². The maximum Gasteiger partial charge on any atom is 0.145 e. The van der Waals surface area contributed by atoms with Crippen molar-refractivity contribution in [3.63, 3.8) is 0 Å². The number of nitrogens with zero attached hydrogens (tertiary/aromatic N) is 4. The van der Waals surface area contributed by atoms with Gasteiger partial charge in [0.25, 0.3) is 0 Å². The van der Waals surface area contributed by atoms with Crippen molar-refractivity contribution in [3.8, 4) is 5.75 Å². The Labute approximate surface area is 179 Å². The van der Waals surface area contributed by atoms with Gasteiger partial charge in [-0.1, -0.05) is 28.6 Å². The van der Waals surface area contributed by atoms with Crippen molar-refractivity contribution in [2.45, 2.75) is 13.0 Å². The normalized spacial score (nSPS) is 12.0. The van der Waals surface area contributed by atoms with E-state index in [1.165, 1.54) is 6.33 Å². The van der Waals surface area contributed by atoms with Gasteiger partial charge >= 0.3 is 0 Å². The topological polar surface area (TPSA) is 62.6 Å². The van der Waals surface area contributed by atoms with Gasteiger partial charge in [0.05, 0.1) is 16.6 Å². The molecule has 150 valence electrons. The predicted molar refractivity (Wildman–Crippen MR) is 125 cm³/mol. The monoisotopic (exact) mass is 453 g/mol. The van der Waals surface area contributed by atoms with Crippen LogP contribution >= 0.6 is 15.9 Å². The fourth-order valence-corrected chi connectivity index (χ4v) is 3.58. The molecule has 3 aromatic rings. The van der Waals surface area contributed by atoms with E-state index in [-0.39, 0.29) is 6.10 Å². The summed E-state index contributed by atoms with van der Waals surface area (Å²) in [6.45, 7) is 10.3. The summed E-state index contributed by atoms with van der Waals surface area (Å²) in [5.41, 5.74) is 3.32. The minimum atomic E-state index is 0.000809. The summed E-state index contributed by atoms with van der Waals surface area (Å²) in [5.74, 6) is 1.39. The molecular formula is C22H24BrN5O. The van der Waals surface area contributed by atoms with E-state index < -0.39 is 0 Å². The first-order valence-corrected chi connectivity index (χ1v) is 9.96. The SMILES string of the molecule is C=Cc1cc(Nc2ncnc3cc(Br)cc(OC(C)CN(C)C)c23)ccc1N=C. The van der Waals surface area contributed by atoms with Crippen LogP contribution in [0, 0.1) is 0 Å². The molecule has 6 nitrogen and oxygen atoms in total. The molecule has 0 saturated carbocycles. The van der Waals surface area contributed by atoms with Gasteiger partial charge in [-0.25, -0.2) is 9.97 Å². The fraction of sp³-hybridized carbons (Fsp3) is 0.227. The molecule has 29 heavy (non-hydrogen) atoms. The number of hydrogen-bond donors (Lipinski definition) is 1. The van der Waals surface area contributed by atoms with E-state index in [1.807, 2.05) is 51.4 Å². The summed E-state index contributed by atoms with van der Waals surface area (Å²) < 4.78 is 7.15. The molecule has 1 heterocycles. The number of hydrogen-bond acceptors (Lipinski definition) is 6. The van der Waals surface area contributed by atoms with Crippen LogP contribution in [0.5, 0.6) is 5.75 Å². The summed E-state index contributed by atoms with van der Waals surface area (Å²) in [6, 6.07) is 9.68. The molecule has 0 bridgehead atoms. The number of aromatic nitrogens is 2. The fourth-order valence-electron chi connectivity index (χ4n) is 3.15. The highest BCUT2D eigenvalue weighted by atomic mass is 79.9. The Bertz CT molecular complexity index is 1050. The van der Waals surface area contributed by atoms with Crippen LogP contribution in [-0.2, 0) is 0 Å². The molecule has 0 aliphatic heterocycles. The van der Waals surface area contributed by atoms with Gasteiger partial charge in [-0.3, -0.25) is 4.99 Å². The molecule has 2 aromatic carbocycles. The van der Waals surface area contributed by atoms with Crippen LogP contribution < -0.4 is 10.1 Å². The predicted octanol–water partition coefficient (Wildman–Crippen LogP) is 5.44. The zero-order chi connectivity index (χ0) is 21.0. The standard InChI is InChI=1S/C22H24BrN5O/c1-6-15-9-17(7-8-18(15)24-3)27-22-21-19(25-13-26-22)10-16(23)11-20(21)29-14(2)12-28(4)5/h6-11,13-14H,1,3,12H2,2,4-5H3,(H,25,26,27). The van der Waals surface area contributed by atoms with E-state index in [0.717, 1.165) is 44.6 Å². The van der Waals surface area contributed by atoms with Crippen molar-refractivity contribution in [1.82, 2.24) is 14.9 Å². The highest BCUT2D eigenvalue weighted by Gasteiger charge is 2.15. The highest BCUT2D eigenvalue weighted by Crippen LogP contribution is 2.35. The number of halogens is 1. The van der Waals surface area contributed by atoms with Crippen molar-refractivity contribution < 1.29 is 4.74 Å². The Kier molecular flexibility index (Phi) is 6.61. The smallest absolute Gasteiger partial charge is 0.145 e. The summed E-state index contributed by atoms with van der Waals surface area (Å²) in [4.78, 5) is 15.0. The molecule has 3 rings (SSSR count). The van der Waals surface area contributed by atoms with E-state index in [0.29, 0.717) is 5.82 Å². The van der Waals surface area contributed by atoms with E-state index in [1.54, 1.807) is 6.08 Å². The molecule has 1 atom stereocenters. The second-order valence-corrected chi connectivity index (χ2v) is 7.89. The lowest BCUT2D eigenvalue weighted by atomic mass is 10.1. The molecular weight excluding hydrogens is 430 g/mol. The van der Waals surface area contributed by atoms with E-state index in [4.69, 9.17) is 4.74 Å². The number of rotatable bonds is 8. The first-order valence-electron chi connectivity index (χ1n) is 9.17. The number of likely N-dealkylation sites (N-methyl/N-ethyl adjacent to an activating group) is 1. The van der Waals surface area contributed by atoms with Gasteiger partial charge in [-0.2, -0.15) is 0 Å². The largest absolute Gasteiger partial charge is 0.488 e. The number of nitrogens with one attached hydrogen (secondary N) is 1. The number of fused-ring (bicyclic) bond motifs is 1. The van der Waals surface area contributed by atoms with Crippen LogP contribution in [0.2, 0.25) is 0 Å². The molecule has 0 aliphatic rings. The molecule has 0 aliphatic carbocycles. The molecule has 1 N–H and O–H groups in total. The Balaban J connectivity index is 2.04. The van der Waals surface area contributed by atoms with Crippen LogP contribution in [0.25, 0.3) is 17.0 Å². The summed E-state index contributed by atoms with van der Waals surface area (Å²) >= 11 is 3.55. The van der Waals surface area contributed by atoms with Crippen LogP contribution in [0.15, 0.2) is 52.7 Å². The molecule has 7 heteroatoms. The van der Waals surface area contributed by atoms with E-state index in [2.05, 4.69) is 54.4 Å². The summed E-state index contributed by atoms with van der Waals surface area (Å²) in [5, 5.41) is 4.21. The highest BCUT2D eigenvalue weighted by molar-refractivity contribution is 9.10. The quantitative estimate of drug-likeness (QED) is 0.460. The lowest BCUT2D eigenvalue weighted by Crippen LogP contribution is -2.28. The first kappa shape index (κ1) is 21.0. The lowest BCUT2D eigenvalue weighted by Gasteiger charge is -2.21. The number of benzene rings is 2. The Morgan fingerprint density at radius 1 is 1.28 bits per heavy atom. The van der Waals surface area contributed by atoms with Crippen molar-refractivity contribution in [1.29, 1.82) is 0 Å². The van der Waals surface area contributed by atoms with Gasteiger partial charge < -0.3 is 15.0 Å². The zero-order valence-electron chi connectivity index (χ0n) is 16.8. The van der Waals surface area contributed by atoms with Gasteiger partial charge in [0.2, 0.25) is 0 Å². The van der Waals surface area contributed by atoms with Crippen LogP contribution in [0.3, 0.4) is 0 Å². The minimum Gasteiger partial charge on any atom is -0.488 e. The molecule has 0 saturated heterocycles. The average molecular weight is 454 g/mol. The van der Waals surface area contributed by atoms with Crippen molar-refractivity contribution in [2.24, 2.45) is 4.99 Å². The maximum absolute atomic E-state index is 6.25. The van der Waals surface area contributed by atoms with Gasteiger partial charge in [-0.05, 0) is 58.1 Å². The maximum atomic E-state index is 6.25. The molecule has 0 fully saturated rings. The Morgan fingerprint density at radius 3 is 2.76 bits per heavy atom. The Hall–Kier alpha value is -2.77. The second kappa shape index (κ2) is 9.15. The van der Waals surface area contributed by atoms with Gasteiger partial charge in [-0.15, -0.1) is 0 Å². The second-order valence-electron chi connectivity index (χ2n) is 6.97. The van der Waals surface area contributed by atoms with Crippen molar-refractivity contribution >= 4 is 56.8 Å². The molecule has 1 unspecified atom stereocenters. The molecule has 0 amide bonds. The third-order valence-electron chi connectivity index (χ3n) is 4.30. The van der Waals surface area contributed by atoms with E-state index in [9.17, 15) is 0 Å². The van der Waals surface area contributed by atoms with E-state index >= 15 is 0 Å². The van der Waals surface area contributed by atoms with Crippen LogP contribution in [-0.4, -0.2) is 48.3 Å². The van der Waals surface area contributed by atoms with Crippen LogP contribution in [0.1, 0.15) is 12.5 Å². The molecule has 1 aromatic heterocycles. The third kappa shape index (κ3) is 4.99. The average Bonchev–Trinajstić information content (AvgIpc) is 2.66. The van der Waals surface area contributed by atoms with Crippen molar-refractivity contribution in [2.75, 3.05) is 26.0 Å². The third-order valence-corrected chi connectivity index (χ3v) is 4.76. The van der Waals surface area contributed by atoms with Gasteiger partial charge in [0.15, 0.2) is 0 Å². The minimum absolute atomic E-state index is 0.000809. The number of anilines is 2. The summed E-state index contributed by atoms with van der Waals surface area (Å²) in [7, 11) is 4.04. The lowest BCUT2D eigenvalue weighted by molar-refractivity contribution is 0.179. The molecule has 0 spiro atoms. The van der Waals surface area contributed by atoms with Crippen molar-refractivity contribution in [3.05, 3.63) is 53.3 Å². The van der Waals surface area contributed by atoms with Gasteiger partial charge in [0.1, 0.15) is 24.0 Å².